The highest BCUT2D eigenvalue weighted by atomic mass is 16.5. The number of rotatable bonds is 9. The van der Waals surface area contributed by atoms with E-state index < -0.39 is 43.6 Å². The fourth-order valence-electron chi connectivity index (χ4n) is 2.41. The van der Waals surface area contributed by atoms with Crippen molar-refractivity contribution in [1.82, 2.24) is 10.9 Å². The molecular formula is C19H22N2O9. The lowest BCUT2D eigenvalue weighted by Crippen LogP contribution is -2.45. The van der Waals surface area contributed by atoms with E-state index in [4.69, 9.17) is 19.0 Å². The third kappa shape index (κ3) is 6.48. The summed E-state index contributed by atoms with van der Waals surface area (Å²) in [7, 11) is 0. The zero-order valence-electron chi connectivity index (χ0n) is 16.6. The lowest BCUT2D eigenvalue weighted by atomic mass is 10.1. The van der Waals surface area contributed by atoms with Gasteiger partial charge in [-0.3, -0.25) is 20.4 Å². The Bertz CT molecular complexity index is 949. The van der Waals surface area contributed by atoms with Crippen molar-refractivity contribution in [2.24, 2.45) is 0 Å². The molecule has 1 aromatic heterocycles. The minimum atomic E-state index is -1.22. The predicted octanol–water partition coefficient (Wildman–Crippen LogP) is 0.934. The van der Waals surface area contributed by atoms with Gasteiger partial charge in [0.25, 0.3) is 11.8 Å². The number of furan rings is 1. The third-order valence-electron chi connectivity index (χ3n) is 3.55. The quantitative estimate of drug-likeness (QED) is 0.395. The summed E-state index contributed by atoms with van der Waals surface area (Å²) in [5.41, 5.74) is 4.90. The number of hydrogen-bond donors (Lipinski definition) is 3. The van der Waals surface area contributed by atoms with Gasteiger partial charge in [-0.05, 0) is 39.0 Å². The Kier molecular flexibility index (Phi) is 7.76. The van der Waals surface area contributed by atoms with Crippen LogP contribution in [0.3, 0.4) is 0 Å². The average Bonchev–Trinajstić information content (AvgIpc) is 2.98. The molecule has 0 saturated heterocycles. The molecule has 0 fully saturated rings. The minimum Gasteiger partial charge on any atom is -0.484 e. The van der Waals surface area contributed by atoms with Crippen LogP contribution in [0.25, 0.3) is 11.0 Å². The number of aliphatic carboxylic acids is 1. The smallest absolute Gasteiger partial charge is 0.342 e. The minimum absolute atomic E-state index is 0.280. The number of benzene rings is 1. The number of ether oxygens (including phenoxy) is 3. The van der Waals surface area contributed by atoms with Crippen LogP contribution in [0.2, 0.25) is 0 Å². The van der Waals surface area contributed by atoms with E-state index in [1.165, 1.54) is 0 Å². The highest BCUT2D eigenvalue weighted by Crippen LogP contribution is 2.29. The van der Waals surface area contributed by atoms with Crippen LogP contribution in [0, 0.1) is 6.92 Å². The SMILES string of the molecule is Cc1oc2ccc(OCC(=O)NNC(=O)COCC(=O)O)cc2c1C(=O)OC(C)C. The van der Waals surface area contributed by atoms with E-state index in [-0.39, 0.29) is 11.7 Å². The standard InChI is InChI=1S/C19H22N2O9/c1-10(2)29-19(26)18-11(3)30-14-5-4-12(6-13(14)18)28-8-16(23)21-20-15(22)7-27-9-17(24)25/h4-6,10H,7-9H2,1-3H3,(H,20,22)(H,21,23)(H,24,25). The molecule has 11 nitrogen and oxygen atoms in total. The van der Waals surface area contributed by atoms with E-state index in [1.54, 1.807) is 39.0 Å². The first-order valence-corrected chi connectivity index (χ1v) is 8.91. The van der Waals surface area contributed by atoms with Gasteiger partial charge in [-0.15, -0.1) is 0 Å². The molecule has 0 unspecified atom stereocenters. The monoisotopic (exact) mass is 422 g/mol. The summed E-state index contributed by atoms with van der Waals surface area (Å²) in [6.45, 7) is 3.53. The van der Waals surface area contributed by atoms with Crippen LogP contribution < -0.4 is 15.6 Å². The van der Waals surface area contributed by atoms with Crippen molar-refractivity contribution < 1.29 is 42.9 Å². The van der Waals surface area contributed by atoms with Crippen LogP contribution in [0.1, 0.15) is 30.0 Å². The van der Waals surface area contributed by atoms with Gasteiger partial charge in [0.15, 0.2) is 6.61 Å². The largest absolute Gasteiger partial charge is 0.484 e. The number of carboxylic acid groups (broad SMARTS) is 1. The number of nitrogens with one attached hydrogen (secondary N) is 2. The molecule has 1 heterocycles. The Hall–Kier alpha value is -3.60. The Labute approximate surface area is 171 Å². The first-order chi connectivity index (χ1) is 14.2. The number of aryl methyl sites for hydroxylation is 1. The molecular weight excluding hydrogens is 400 g/mol. The molecule has 0 aliphatic rings. The maximum atomic E-state index is 12.3. The van der Waals surface area contributed by atoms with Gasteiger partial charge in [0.2, 0.25) is 0 Å². The van der Waals surface area contributed by atoms with E-state index in [1.807, 2.05) is 0 Å². The van der Waals surface area contributed by atoms with E-state index in [9.17, 15) is 19.2 Å². The number of carbonyl (C=O) groups excluding carboxylic acids is 3. The molecule has 2 rings (SSSR count). The molecule has 0 bridgehead atoms. The lowest BCUT2D eigenvalue weighted by Gasteiger charge is -2.09. The molecule has 2 amide bonds. The van der Waals surface area contributed by atoms with Gasteiger partial charge < -0.3 is 23.7 Å². The number of hydrogen-bond acceptors (Lipinski definition) is 8. The normalized spacial score (nSPS) is 10.7. The average molecular weight is 422 g/mol. The number of esters is 1. The highest BCUT2D eigenvalue weighted by molar-refractivity contribution is 6.05. The molecule has 2 aromatic rings. The predicted molar refractivity (Wildman–Crippen MR) is 102 cm³/mol. The van der Waals surface area contributed by atoms with Gasteiger partial charge in [-0.2, -0.15) is 0 Å². The Morgan fingerprint density at radius 2 is 1.73 bits per heavy atom. The van der Waals surface area contributed by atoms with Crippen LogP contribution in [0.5, 0.6) is 5.75 Å². The number of hydrazine groups is 1. The molecule has 1 aromatic carbocycles. The van der Waals surface area contributed by atoms with Crippen LogP contribution in [-0.4, -0.2) is 54.8 Å². The Balaban J connectivity index is 1.93. The topological polar surface area (TPSA) is 153 Å². The molecule has 162 valence electrons. The summed E-state index contributed by atoms with van der Waals surface area (Å²) in [6, 6.07) is 4.71. The van der Waals surface area contributed by atoms with Gasteiger partial charge in [0.05, 0.1) is 6.10 Å². The summed E-state index contributed by atoms with van der Waals surface area (Å²) in [4.78, 5) is 45.8. The van der Waals surface area contributed by atoms with E-state index in [2.05, 4.69) is 15.6 Å². The molecule has 0 aliphatic carbocycles. The van der Waals surface area contributed by atoms with Crippen molar-refractivity contribution in [2.45, 2.75) is 26.9 Å². The van der Waals surface area contributed by atoms with Gasteiger partial charge in [0, 0.05) is 5.39 Å². The Morgan fingerprint density at radius 1 is 1.07 bits per heavy atom. The first kappa shape index (κ1) is 22.7. The van der Waals surface area contributed by atoms with Gasteiger partial charge >= 0.3 is 11.9 Å². The molecule has 0 spiro atoms. The second kappa shape index (κ2) is 10.3. The zero-order chi connectivity index (χ0) is 22.3. The number of amides is 2. The molecule has 11 heteroatoms. The van der Waals surface area contributed by atoms with Crippen LogP contribution in [0.4, 0.5) is 0 Å². The second-order valence-electron chi connectivity index (χ2n) is 6.42. The van der Waals surface area contributed by atoms with Gasteiger partial charge in [-0.25, -0.2) is 9.59 Å². The fraction of sp³-hybridized carbons (Fsp3) is 0.368. The second-order valence-corrected chi connectivity index (χ2v) is 6.42. The van der Waals surface area contributed by atoms with Crippen LogP contribution in [0.15, 0.2) is 22.6 Å². The summed E-state index contributed by atoms with van der Waals surface area (Å²) < 4.78 is 20.7. The van der Waals surface area contributed by atoms with Crippen molar-refractivity contribution in [2.75, 3.05) is 19.8 Å². The highest BCUT2D eigenvalue weighted by Gasteiger charge is 2.21. The van der Waals surface area contributed by atoms with Crippen molar-refractivity contribution in [3.05, 3.63) is 29.5 Å². The van der Waals surface area contributed by atoms with Crippen LogP contribution in [-0.2, 0) is 23.9 Å². The lowest BCUT2D eigenvalue weighted by molar-refractivity contribution is -0.144. The molecule has 3 N–H and O–H groups in total. The molecule has 0 aliphatic heterocycles. The van der Waals surface area contributed by atoms with Crippen molar-refractivity contribution in [3.8, 4) is 5.75 Å². The molecule has 0 radical (unpaired) electrons. The zero-order valence-corrected chi connectivity index (χ0v) is 16.6. The summed E-state index contributed by atoms with van der Waals surface area (Å²) >= 11 is 0. The maximum Gasteiger partial charge on any atom is 0.342 e. The van der Waals surface area contributed by atoms with Gasteiger partial charge in [0.1, 0.15) is 35.9 Å². The Morgan fingerprint density at radius 3 is 2.37 bits per heavy atom. The summed E-state index contributed by atoms with van der Waals surface area (Å²) in [5.74, 6) is -2.43. The van der Waals surface area contributed by atoms with Crippen molar-refractivity contribution in [3.63, 3.8) is 0 Å². The summed E-state index contributed by atoms with van der Waals surface area (Å²) in [5, 5.41) is 8.89. The third-order valence-corrected chi connectivity index (χ3v) is 3.55. The molecule has 30 heavy (non-hydrogen) atoms. The molecule has 0 saturated carbocycles. The van der Waals surface area contributed by atoms with Crippen LogP contribution >= 0.6 is 0 Å². The number of carbonyl (C=O) groups is 4. The fourth-order valence-corrected chi connectivity index (χ4v) is 2.41. The van der Waals surface area contributed by atoms with Gasteiger partial charge in [-0.1, -0.05) is 0 Å². The number of carboxylic acids is 1. The first-order valence-electron chi connectivity index (χ1n) is 8.91. The van der Waals surface area contributed by atoms with E-state index in [0.29, 0.717) is 22.5 Å². The molecule has 0 atom stereocenters. The van der Waals surface area contributed by atoms with Crippen molar-refractivity contribution >= 4 is 34.7 Å². The van der Waals surface area contributed by atoms with Crippen molar-refractivity contribution in [1.29, 1.82) is 0 Å². The van der Waals surface area contributed by atoms with E-state index in [0.717, 1.165) is 0 Å². The van der Waals surface area contributed by atoms with E-state index >= 15 is 0 Å². The maximum absolute atomic E-state index is 12.3. The number of fused-ring (bicyclic) bond motifs is 1. The summed E-state index contributed by atoms with van der Waals surface area (Å²) in [6.07, 6.45) is -0.297.